The Morgan fingerprint density at radius 3 is 2.60 bits per heavy atom. The smallest absolute Gasteiger partial charge is 0.161 e. The summed E-state index contributed by atoms with van der Waals surface area (Å²) >= 11 is 0. The van der Waals surface area contributed by atoms with E-state index in [1.54, 1.807) is 7.11 Å². The molecular formula is C12H18O3. The van der Waals surface area contributed by atoms with Crippen LogP contribution in [0.2, 0.25) is 0 Å². The lowest BCUT2D eigenvalue weighted by molar-refractivity contribution is 0.109. The van der Waals surface area contributed by atoms with Gasteiger partial charge in [-0.05, 0) is 31.5 Å². The van der Waals surface area contributed by atoms with Crippen LogP contribution in [0, 0.1) is 6.92 Å². The second-order valence-corrected chi connectivity index (χ2v) is 3.20. The van der Waals surface area contributed by atoms with Crippen LogP contribution in [0.25, 0.3) is 0 Å². The fourth-order valence-corrected chi connectivity index (χ4v) is 1.25. The second-order valence-electron chi connectivity index (χ2n) is 3.20. The van der Waals surface area contributed by atoms with Gasteiger partial charge in [0.1, 0.15) is 6.61 Å². The number of hydrogen-bond acceptors (Lipinski definition) is 3. The van der Waals surface area contributed by atoms with Crippen LogP contribution in [0.15, 0.2) is 18.2 Å². The van der Waals surface area contributed by atoms with Gasteiger partial charge in [0.15, 0.2) is 11.5 Å². The number of benzene rings is 1. The molecule has 0 saturated carbocycles. The van der Waals surface area contributed by atoms with Crippen LogP contribution >= 0.6 is 0 Å². The topological polar surface area (TPSA) is 27.7 Å². The lowest BCUT2D eigenvalue weighted by Gasteiger charge is -2.10. The Hall–Kier alpha value is -1.22. The Labute approximate surface area is 91.0 Å². The molecule has 1 aromatic carbocycles. The van der Waals surface area contributed by atoms with Crippen LogP contribution < -0.4 is 9.47 Å². The quantitative estimate of drug-likeness (QED) is 0.675. The zero-order valence-electron chi connectivity index (χ0n) is 9.58. The fraction of sp³-hybridized carbons (Fsp3) is 0.500. The highest BCUT2D eigenvalue weighted by Gasteiger charge is 2.03. The summed E-state index contributed by atoms with van der Waals surface area (Å²) < 4.78 is 15.9. The predicted octanol–water partition coefficient (Wildman–Crippen LogP) is 2.42. The van der Waals surface area contributed by atoms with E-state index in [2.05, 4.69) is 0 Å². The molecule has 84 valence electrons. The van der Waals surface area contributed by atoms with Crippen LogP contribution in [-0.2, 0) is 4.74 Å². The lowest BCUT2D eigenvalue weighted by atomic mass is 10.2. The molecule has 3 heteroatoms. The zero-order chi connectivity index (χ0) is 11.1. The molecule has 15 heavy (non-hydrogen) atoms. The Balaban J connectivity index is 2.52. The summed E-state index contributed by atoms with van der Waals surface area (Å²) in [6, 6.07) is 5.87. The fourth-order valence-electron chi connectivity index (χ4n) is 1.25. The second kappa shape index (κ2) is 6.30. The highest BCUT2D eigenvalue weighted by atomic mass is 16.5. The molecule has 0 aliphatic heterocycles. The van der Waals surface area contributed by atoms with E-state index >= 15 is 0 Å². The lowest BCUT2D eigenvalue weighted by Crippen LogP contribution is -2.07. The van der Waals surface area contributed by atoms with Crippen molar-refractivity contribution >= 4 is 0 Å². The highest BCUT2D eigenvalue weighted by Crippen LogP contribution is 2.27. The number of methoxy groups -OCH3 is 1. The zero-order valence-corrected chi connectivity index (χ0v) is 9.58. The van der Waals surface area contributed by atoms with Gasteiger partial charge in [0.2, 0.25) is 0 Å². The number of ether oxygens (including phenoxy) is 3. The van der Waals surface area contributed by atoms with Crippen molar-refractivity contribution in [1.82, 2.24) is 0 Å². The molecule has 1 aromatic rings. The first-order valence-corrected chi connectivity index (χ1v) is 5.13. The Morgan fingerprint density at radius 2 is 1.93 bits per heavy atom. The van der Waals surface area contributed by atoms with E-state index < -0.39 is 0 Å². The van der Waals surface area contributed by atoms with E-state index in [0.29, 0.717) is 19.8 Å². The summed E-state index contributed by atoms with van der Waals surface area (Å²) in [7, 11) is 1.64. The summed E-state index contributed by atoms with van der Waals surface area (Å²) in [4.78, 5) is 0. The molecule has 3 nitrogen and oxygen atoms in total. The number of aryl methyl sites for hydroxylation is 1. The molecule has 0 aliphatic carbocycles. The van der Waals surface area contributed by atoms with Gasteiger partial charge in [0.25, 0.3) is 0 Å². The first-order valence-electron chi connectivity index (χ1n) is 5.13. The molecule has 0 aromatic heterocycles. The normalized spacial score (nSPS) is 10.1. The summed E-state index contributed by atoms with van der Waals surface area (Å²) in [5.74, 6) is 1.54. The van der Waals surface area contributed by atoms with Crippen LogP contribution in [0.1, 0.15) is 12.5 Å². The van der Waals surface area contributed by atoms with Crippen LogP contribution in [0.4, 0.5) is 0 Å². The van der Waals surface area contributed by atoms with Gasteiger partial charge in [-0.1, -0.05) is 6.07 Å². The van der Waals surface area contributed by atoms with Crippen molar-refractivity contribution in [3.63, 3.8) is 0 Å². The monoisotopic (exact) mass is 210 g/mol. The molecule has 0 atom stereocenters. The predicted molar refractivity (Wildman–Crippen MR) is 59.7 cm³/mol. The third-order valence-electron chi connectivity index (χ3n) is 2.01. The SMILES string of the molecule is CCOCCOc1ccc(C)cc1OC. The molecule has 0 aliphatic rings. The third-order valence-corrected chi connectivity index (χ3v) is 2.01. The third kappa shape index (κ3) is 3.80. The van der Waals surface area contributed by atoms with Crippen molar-refractivity contribution in [1.29, 1.82) is 0 Å². The molecule has 0 amide bonds. The van der Waals surface area contributed by atoms with Gasteiger partial charge >= 0.3 is 0 Å². The first kappa shape index (κ1) is 11.9. The van der Waals surface area contributed by atoms with Gasteiger partial charge in [-0.15, -0.1) is 0 Å². The first-order chi connectivity index (χ1) is 7.27. The Morgan fingerprint density at radius 1 is 1.13 bits per heavy atom. The van der Waals surface area contributed by atoms with Crippen LogP contribution in [0.3, 0.4) is 0 Å². The average Bonchev–Trinajstić information content (AvgIpc) is 2.26. The van der Waals surface area contributed by atoms with Gasteiger partial charge < -0.3 is 14.2 Å². The Kier molecular flexibility index (Phi) is 4.98. The van der Waals surface area contributed by atoms with Crippen molar-refractivity contribution in [3.8, 4) is 11.5 Å². The van der Waals surface area contributed by atoms with Gasteiger partial charge in [-0.2, -0.15) is 0 Å². The summed E-state index contributed by atoms with van der Waals surface area (Å²) in [6.07, 6.45) is 0. The molecular weight excluding hydrogens is 192 g/mol. The summed E-state index contributed by atoms with van der Waals surface area (Å²) in [5.41, 5.74) is 1.16. The molecule has 0 spiro atoms. The largest absolute Gasteiger partial charge is 0.493 e. The maximum Gasteiger partial charge on any atom is 0.161 e. The maximum atomic E-state index is 5.54. The Bertz CT molecular complexity index is 297. The van der Waals surface area contributed by atoms with E-state index in [1.165, 1.54) is 0 Å². The van der Waals surface area contributed by atoms with E-state index in [-0.39, 0.29) is 0 Å². The van der Waals surface area contributed by atoms with Gasteiger partial charge in [0, 0.05) is 6.61 Å². The van der Waals surface area contributed by atoms with E-state index in [1.807, 2.05) is 32.0 Å². The van der Waals surface area contributed by atoms with Gasteiger partial charge in [0.05, 0.1) is 13.7 Å². The van der Waals surface area contributed by atoms with Crippen LogP contribution in [0.5, 0.6) is 11.5 Å². The van der Waals surface area contributed by atoms with Crippen LogP contribution in [-0.4, -0.2) is 26.9 Å². The minimum Gasteiger partial charge on any atom is -0.493 e. The minimum atomic E-state index is 0.549. The maximum absolute atomic E-state index is 5.54. The molecule has 0 saturated heterocycles. The van der Waals surface area contributed by atoms with Crippen molar-refractivity contribution in [2.24, 2.45) is 0 Å². The summed E-state index contributed by atoms with van der Waals surface area (Å²) in [6.45, 7) is 5.86. The van der Waals surface area contributed by atoms with Crippen molar-refractivity contribution in [3.05, 3.63) is 23.8 Å². The van der Waals surface area contributed by atoms with Crippen molar-refractivity contribution in [2.45, 2.75) is 13.8 Å². The number of rotatable bonds is 6. The van der Waals surface area contributed by atoms with Gasteiger partial charge in [-0.25, -0.2) is 0 Å². The van der Waals surface area contributed by atoms with E-state index in [4.69, 9.17) is 14.2 Å². The minimum absolute atomic E-state index is 0.549. The van der Waals surface area contributed by atoms with Crippen molar-refractivity contribution in [2.75, 3.05) is 26.9 Å². The van der Waals surface area contributed by atoms with Gasteiger partial charge in [-0.3, -0.25) is 0 Å². The molecule has 0 unspecified atom stereocenters. The number of hydrogen-bond donors (Lipinski definition) is 0. The molecule has 0 fully saturated rings. The molecule has 0 bridgehead atoms. The molecule has 0 N–H and O–H groups in total. The molecule has 0 radical (unpaired) electrons. The standard InChI is InChI=1S/C12H18O3/c1-4-14-7-8-15-11-6-5-10(2)9-12(11)13-3/h5-6,9H,4,7-8H2,1-3H3. The van der Waals surface area contributed by atoms with Crippen molar-refractivity contribution < 1.29 is 14.2 Å². The van der Waals surface area contributed by atoms with E-state index in [0.717, 1.165) is 17.1 Å². The summed E-state index contributed by atoms with van der Waals surface area (Å²) in [5, 5.41) is 0. The highest BCUT2D eigenvalue weighted by molar-refractivity contribution is 5.42. The van der Waals surface area contributed by atoms with E-state index in [9.17, 15) is 0 Å². The average molecular weight is 210 g/mol. The molecule has 1 rings (SSSR count). The molecule has 0 heterocycles.